The molecule has 0 spiro atoms. The van der Waals surface area contributed by atoms with E-state index in [9.17, 15) is 0 Å². The highest BCUT2D eigenvalue weighted by atomic mass is 16.5. The molecule has 1 saturated carbocycles. The van der Waals surface area contributed by atoms with Gasteiger partial charge >= 0.3 is 0 Å². The Labute approximate surface area is 122 Å². The van der Waals surface area contributed by atoms with Gasteiger partial charge in [-0.25, -0.2) is 0 Å². The zero-order valence-corrected chi connectivity index (χ0v) is 12.3. The van der Waals surface area contributed by atoms with Gasteiger partial charge in [0.05, 0.1) is 0 Å². The second kappa shape index (κ2) is 6.59. The van der Waals surface area contributed by atoms with Crippen LogP contribution in [0, 0.1) is 5.92 Å². The Morgan fingerprint density at radius 1 is 1.15 bits per heavy atom. The monoisotopic (exact) mass is 274 g/mol. The summed E-state index contributed by atoms with van der Waals surface area (Å²) in [5.74, 6) is 1.91. The summed E-state index contributed by atoms with van der Waals surface area (Å²) in [6, 6.07) is 8.93. The summed E-state index contributed by atoms with van der Waals surface area (Å²) in [5.41, 5.74) is 6.85. The van der Waals surface area contributed by atoms with Crippen LogP contribution >= 0.6 is 0 Å². The normalized spacial score (nSPS) is 26.4. The van der Waals surface area contributed by atoms with Crippen LogP contribution in [0.25, 0.3) is 0 Å². The molecule has 1 aromatic carbocycles. The molecule has 0 aromatic heterocycles. The van der Waals surface area contributed by atoms with Crippen LogP contribution < -0.4 is 10.5 Å². The maximum atomic E-state index is 5.96. The van der Waals surface area contributed by atoms with E-state index in [1.807, 2.05) is 24.3 Å². The molecule has 1 aromatic rings. The number of nitrogens with zero attached hydrogens (tertiary/aromatic N) is 1. The molecule has 0 bridgehead atoms. The van der Waals surface area contributed by atoms with Gasteiger partial charge in [-0.2, -0.15) is 0 Å². The van der Waals surface area contributed by atoms with Gasteiger partial charge in [-0.15, -0.1) is 0 Å². The number of benzene rings is 1. The Bertz CT molecular complexity index is 435. The highest BCUT2D eigenvalue weighted by Crippen LogP contribution is 2.36. The lowest BCUT2D eigenvalue weighted by atomic mass is 9.92. The van der Waals surface area contributed by atoms with Crippen molar-refractivity contribution in [1.29, 1.82) is 0 Å². The van der Waals surface area contributed by atoms with Crippen molar-refractivity contribution in [1.82, 2.24) is 4.90 Å². The molecule has 1 aliphatic carbocycles. The third-order valence-corrected chi connectivity index (χ3v) is 4.94. The molecule has 2 atom stereocenters. The minimum Gasteiger partial charge on any atom is -0.492 e. The maximum absolute atomic E-state index is 5.96. The van der Waals surface area contributed by atoms with Crippen molar-refractivity contribution < 1.29 is 4.74 Å². The molecule has 20 heavy (non-hydrogen) atoms. The highest BCUT2D eigenvalue weighted by molar-refractivity contribution is 5.32. The summed E-state index contributed by atoms with van der Waals surface area (Å²) >= 11 is 0. The largest absolute Gasteiger partial charge is 0.492 e. The van der Waals surface area contributed by atoms with E-state index in [4.69, 9.17) is 10.5 Å². The molecule has 3 heteroatoms. The molecule has 110 valence electrons. The summed E-state index contributed by atoms with van der Waals surface area (Å²) in [7, 11) is 0. The number of nitrogens with two attached hydrogens (primary N) is 1. The average molecular weight is 274 g/mol. The molecule has 1 aliphatic heterocycles. The number of para-hydroxylation sites is 1. The minimum absolute atomic E-state index is 0.546. The molecule has 1 saturated heterocycles. The first kappa shape index (κ1) is 13.9. The molecular formula is C17H26N2O. The van der Waals surface area contributed by atoms with Crippen LogP contribution in [-0.4, -0.2) is 30.6 Å². The number of piperidine rings is 1. The van der Waals surface area contributed by atoms with Crippen molar-refractivity contribution in [2.45, 2.75) is 44.7 Å². The number of hydrogen-bond donors (Lipinski definition) is 1. The van der Waals surface area contributed by atoms with E-state index in [0.29, 0.717) is 6.54 Å². The van der Waals surface area contributed by atoms with Crippen molar-refractivity contribution in [3.63, 3.8) is 0 Å². The molecule has 2 N–H and O–H groups in total. The van der Waals surface area contributed by atoms with Crippen LogP contribution in [0.4, 0.5) is 0 Å². The van der Waals surface area contributed by atoms with Crippen molar-refractivity contribution in [2.75, 3.05) is 19.7 Å². The fourth-order valence-corrected chi connectivity index (χ4v) is 3.92. The van der Waals surface area contributed by atoms with Gasteiger partial charge in [-0.05, 0) is 44.2 Å². The number of fused-ring (bicyclic) bond motifs is 1. The number of hydrogen-bond acceptors (Lipinski definition) is 3. The zero-order chi connectivity index (χ0) is 13.8. The summed E-state index contributed by atoms with van der Waals surface area (Å²) in [4.78, 5) is 2.66. The fraction of sp³-hybridized carbons (Fsp3) is 0.647. The summed E-state index contributed by atoms with van der Waals surface area (Å²) in [6.45, 7) is 3.63. The van der Waals surface area contributed by atoms with Crippen molar-refractivity contribution in [2.24, 2.45) is 11.7 Å². The molecule has 2 fully saturated rings. The Kier molecular flexibility index (Phi) is 4.58. The summed E-state index contributed by atoms with van der Waals surface area (Å²) < 4.78 is 5.96. The second-order valence-electron chi connectivity index (χ2n) is 6.10. The van der Waals surface area contributed by atoms with Gasteiger partial charge in [0.25, 0.3) is 0 Å². The molecule has 3 rings (SSSR count). The van der Waals surface area contributed by atoms with Gasteiger partial charge in [-0.3, -0.25) is 4.90 Å². The van der Waals surface area contributed by atoms with Crippen LogP contribution in [0.5, 0.6) is 5.75 Å². The van der Waals surface area contributed by atoms with Crippen LogP contribution in [-0.2, 0) is 6.54 Å². The third kappa shape index (κ3) is 2.99. The molecule has 2 unspecified atom stereocenters. The third-order valence-electron chi connectivity index (χ3n) is 4.94. The lowest BCUT2D eigenvalue weighted by molar-refractivity contribution is 0.0949. The zero-order valence-electron chi connectivity index (χ0n) is 12.3. The predicted octanol–water partition coefficient (Wildman–Crippen LogP) is 2.79. The smallest absolute Gasteiger partial charge is 0.123 e. The molecular weight excluding hydrogens is 248 g/mol. The first-order chi connectivity index (χ1) is 9.88. The molecule has 2 aliphatic rings. The van der Waals surface area contributed by atoms with Gasteiger partial charge in [0.15, 0.2) is 0 Å². The summed E-state index contributed by atoms with van der Waals surface area (Å²) in [6.07, 6.45) is 7.06. The van der Waals surface area contributed by atoms with E-state index in [0.717, 1.165) is 36.4 Å². The quantitative estimate of drug-likeness (QED) is 0.897. The Balaban J connectivity index is 1.52. The Hall–Kier alpha value is -1.06. The second-order valence-corrected chi connectivity index (χ2v) is 6.10. The van der Waals surface area contributed by atoms with E-state index < -0.39 is 0 Å². The van der Waals surface area contributed by atoms with Crippen LogP contribution in [0.2, 0.25) is 0 Å². The first-order valence-corrected chi connectivity index (χ1v) is 8.03. The molecule has 0 radical (unpaired) electrons. The van der Waals surface area contributed by atoms with E-state index in [-0.39, 0.29) is 0 Å². The predicted molar refractivity (Wildman–Crippen MR) is 81.8 cm³/mol. The van der Waals surface area contributed by atoms with Crippen molar-refractivity contribution >= 4 is 0 Å². The number of likely N-dealkylation sites (tertiary alicyclic amines) is 1. The van der Waals surface area contributed by atoms with Gasteiger partial charge in [0, 0.05) is 24.7 Å². The summed E-state index contributed by atoms with van der Waals surface area (Å²) in [5, 5.41) is 0. The van der Waals surface area contributed by atoms with E-state index >= 15 is 0 Å². The van der Waals surface area contributed by atoms with Gasteiger partial charge in [0.2, 0.25) is 0 Å². The van der Waals surface area contributed by atoms with Gasteiger partial charge in [0.1, 0.15) is 12.4 Å². The van der Waals surface area contributed by atoms with Gasteiger partial charge in [-0.1, -0.05) is 24.6 Å². The van der Waals surface area contributed by atoms with Crippen LogP contribution in [0.3, 0.4) is 0 Å². The number of rotatable bonds is 5. The fourth-order valence-electron chi connectivity index (χ4n) is 3.92. The van der Waals surface area contributed by atoms with E-state index in [2.05, 4.69) is 4.90 Å². The SMILES string of the molecule is NCc1ccccc1OCCN1CCCC2CCCC21. The first-order valence-electron chi connectivity index (χ1n) is 8.03. The van der Waals surface area contributed by atoms with Crippen molar-refractivity contribution in [3.8, 4) is 5.75 Å². The Morgan fingerprint density at radius 3 is 2.90 bits per heavy atom. The highest BCUT2D eigenvalue weighted by Gasteiger charge is 2.34. The standard InChI is InChI=1S/C17H26N2O/c18-13-15-5-1-2-9-17(15)20-12-11-19-10-4-7-14-6-3-8-16(14)19/h1-2,5,9,14,16H,3-4,6-8,10-13,18H2. The lowest BCUT2D eigenvalue weighted by Crippen LogP contribution is -2.44. The lowest BCUT2D eigenvalue weighted by Gasteiger charge is -2.37. The van der Waals surface area contributed by atoms with Crippen molar-refractivity contribution in [3.05, 3.63) is 29.8 Å². The van der Waals surface area contributed by atoms with Crippen LogP contribution in [0.1, 0.15) is 37.7 Å². The number of ether oxygens (including phenoxy) is 1. The Morgan fingerprint density at radius 2 is 2.00 bits per heavy atom. The maximum Gasteiger partial charge on any atom is 0.123 e. The minimum atomic E-state index is 0.546. The molecule has 1 heterocycles. The van der Waals surface area contributed by atoms with E-state index in [1.54, 1.807) is 0 Å². The topological polar surface area (TPSA) is 38.5 Å². The van der Waals surface area contributed by atoms with Gasteiger partial charge < -0.3 is 10.5 Å². The average Bonchev–Trinajstić information content (AvgIpc) is 2.97. The van der Waals surface area contributed by atoms with E-state index in [1.165, 1.54) is 38.6 Å². The van der Waals surface area contributed by atoms with Crippen LogP contribution in [0.15, 0.2) is 24.3 Å². The molecule has 0 amide bonds. The molecule has 3 nitrogen and oxygen atoms in total.